The maximum atomic E-state index is 10.8. The van der Waals surface area contributed by atoms with E-state index in [2.05, 4.69) is 31.9 Å². The molecule has 5 heterocycles. The van der Waals surface area contributed by atoms with Gasteiger partial charge in [0.15, 0.2) is 6.23 Å². The van der Waals surface area contributed by atoms with Gasteiger partial charge in [-0.05, 0) is 23.8 Å². The van der Waals surface area contributed by atoms with Crippen molar-refractivity contribution in [1.82, 2.24) is 24.3 Å². The van der Waals surface area contributed by atoms with Crippen LogP contribution >= 0.6 is 11.6 Å². The average molecular weight is 501 g/mol. The van der Waals surface area contributed by atoms with Crippen LogP contribution in [0.2, 0.25) is 5.02 Å². The van der Waals surface area contributed by atoms with E-state index in [1.165, 1.54) is 11.9 Å². The van der Waals surface area contributed by atoms with E-state index in [1.807, 2.05) is 12.1 Å². The van der Waals surface area contributed by atoms with E-state index in [1.54, 1.807) is 16.8 Å². The van der Waals surface area contributed by atoms with Crippen LogP contribution in [0.1, 0.15) is 11.8 Å². The predicted molar refractivity (Wildman–Crippen MR) is 130 cm³/mol. The standard InChI is InChI=1S/C24H29ClN6O4/c25-16-3-1-15(2-4-16)9-30-12-24(13-30)11-29(7-8-34-24)10-18-19(32)20(33)23(35-18)31-6-5-17-21(26)27-14-28-22(17)31/h1-6,14,18-20,23,32-33H,7-13H2,(H2,26,27,28)/t18-,19-,20-,23-/m1/s1. The van der Waals surface area contributed by atoms with Crippen molar-refractivity contribution in [3.63, 3.8) is 0 Å². The Morgan fingerprint density at radius 1 is 1.06 bits per heavy atom. The Morgan fingerprint density at radius 2 is 1.83 bits per heavy atom. The van der Waals surface area contributed by atoms with Gasteiger partial charge in [-0.25, -0.2) is 9.97 Å². The fraction of sp³-hybridized carbons (Fsp3) is 0.500. The van der Waals surface area contributed by atoms with Gasteiger partial charge < -0.3 is 30.0 Å². The monoisotopic (exact) mass is 500 g/mol. The summed E-state index contributed by atoms with van der Waals surface area (Å²) in [4.78, 5) is 12.9. The molecular formula is C24H29ClN6O4. The second kappa shape index (κ2) is 8.97. The lowest BCUT2D eigenvalue weighted by Gasteiger charge is -2.54. The molecule has 35 heavy (non-hydrogen) atoms. The van der Waals surface area contributed by atoms with E-state index in [0.717, 1.165) is 37.7 Å². The topological polar surface area (TPSA) is 122 Å². The molecule has 2 aromatic heterocycles. The number of aliphatic hydroxyl groups excluding tert-OH is 2. The first kappa shape index (κ1) is 23.1. The molecule has 4 N–H and O–H groups in total. The smallest absolute Gasteiger partial charge is 0.164 e. The first-order valence-corrected chi connectivity index (χ1v) is 12.2. The molecule has 0 bridgehead atoms. The molecule has 11 heteroatoms. The number of nitrogen functional groups attached to an aromatic ring is 1. The van der Waals surface area contributed by atoms with E-state index in [9.17, 15) is 10.2 Å². The van der Waals surface area contributed by atoms with Crippen molar-refractivity contribution in [2.75, 3.05) is 45.1 Å². The predicted octanol–water partition coefficient (Wildman–Crippen LogP) is 0.873. The van der Waals surface area contributed by atoms with E-state index >= 15 is 0 Å². The molecule has 0 amide bonds. The Labute approximate surface area is 207 Å². The van der Waals surface area contributed by atoms with Crippen molar-refractivity contribution in [1.29, 1.82) is 0 Å². The van der Waals surface area contributed by atoms with Gasteiger partial charge in [-0.1, -0.05) is 23.7 Å². The summed E-state index contributed by atoms with van der Waals surface area (Å²) in [6.45, 7) is 5.20. The second-order valence-corrected chi connectivity index (χ2v) is 10.2. The number of nitrogens with two attached hydrogens (primary N) is 1. The van der Waals surface area contributed by atoms with Crippen molar-refractivity contribution in [3.05, 3.63) is 53.4 Å². The molecule has 3 fully saturated rings. The summed E-state index contributed by atoms with van der Waals surface area (Å²) in [6, 6.07) is 9.72. The fourth-order valence-corrected chi connectivity index (χ4v) is 5.69. The van der Waals surface area contributed by atoms with Crippen LogP contribution in [0.25, 0.3) is 11.0 Å². The van der Waals surface area contributed by atoms with Crippen LogP contribution in [0.5, 0.6) is 0 Å². The number of anilines is 1. The lowest BCUT2D eigenvalue weighted by Crippen LogP contribution is -2.70. The SMILES string of the molecule is Nc1ncnc2c1ccn2[C@@H]1O[C@H](CN2CCOC3(C2)CN(Cc2ccc(Cl)cc2)C3)[C@@H](O)[C@H]1O. The molecule has 0 unspecified atom stereocenters. The molecule has 0 aliphatic carbocycles. The summed E-state index contributed by atoms with van der Waals surface area (Å²) < 4.78 is 14.1. The highest BCUT2D eigenvalue weighted by Gasteiger charge is 2.49. The van der Waals surface area contributed by atoms with Crippen LogP contribution in [0.4, 0.5) is 5.82 Å². The van der Waals surface area contributed by atoms with Crippen LogP contribution in [0.15, 0.2) is 42.9 Å². The summed E-state index contributed by atoms with van der Waals surface area (Å²) in [5.74, 6) is 0.363. The zero-order valence-corrected chi connectivity index (χ0v) is 20.0. The normalized spacial score (nSPS) is 29.1. The van der Waals surface area contributed by atoms with Gasteiger partial charge in [0.05, 0.1) is 12.0 Å². The number of hydrogen-bond acceptors (Lipinski definition) is 9. The summed E-state index contributed by atoms with van der Waals surface area (Å²) in [6.07, 6.45) is -0.252. The van der Waals surface area contributed by atoms with Crippen LogP contribution in [0.3, 0.4) is 0 Å². The van der Waals surface area contributed by atoms with Gasteiger partial charge in [0.1, 0.15) is 41.7 Å². The van der Waals surface area contributed by atoms with E-state index < -0.39 is 24.5 Å². The molecule has 3 aliphatic heterocycles. The molecule has 0 saturated carbocycles. The molecule has 3 saturated heterocycles. The number of aliphatic hydroxyl groups is 2. The Balaban J connectivity index is 1.08. The number of benzene rings is 1. The summed E-state index contributed by atoms with van der Waals surface area (Å²) in [7, 11) is 0. The molecule has 4 atom stereocenters. The number of fused-ring (bicyclic) bond motifs is 1. The average Bonchev–Trinajstić information content (AvgIpc) is 3.37. The van der Waals surface area contributed by atoms with Crippen molar-refractivity contribution in [2.24, 2.45) is 0 Å². The number of ether oxygens (including phenoxy) is 2. The Kier molecular flexibility index (Phi) is 5.92. The Hall–Kier alpha value is -2.31. The molecule has 186 valence electrons. The fourth-order valence-electron chi connectivity index (χ4n) is 5.56. The van der Waals surface area contributed by atoms with Crippen LogP contribution in [0, 0.1) is 0 Å². The summed E-state index contributed by atoms with van der Waals surface area (Å²) in [5, 5.41) is 23.0. The minimum absolute atomic E-state index is 0.211. The van der Waals surface area contributed by atoms with Crippen molar-refractivity contribution >= 4 is 28.5 Å². The third-order valence-corrected chi connectivity index (χ3v) is 7.51. The Bertz CT molecular complexity index is 1200. The van der Waals surface area contributed by atoms with Crippen molar-refractivity contribution < 1.29 is 19.7 Å². The highest BCUT2D eigenvalue weighted by atomic mass is 35.5. The largest absolute Gasteiger partial charge is 0.387 e. The number of nitrogens with zero attached hydrogens (tertiary/aromatic N) is 5. The number of halogens is 1. The van der Waals surface area contributed by atoms with Gasteiger partial charge in [-0.3, -0.25) is 9.80 Å². The molecular weight excluding hydrogens is 472 g/mol. The Morgan fingerprint density at radius 3 is 2.63 bits per heavy atom. The van der Waals surface area contributed by atoms with E-state index in [0.29, 0.717) is 30.0 Å². The van der Waals surface area contributed by atoms with Crippen LogP contribution < -0.4 is 5.73 Å². The van der Waals surface area contributed by atoms with Gasteiger partial charge in [-0.15, -0.1) is 0 Å². The van der Waals surface area contributed by atoms with Gasteiger partial charge in [0.25, 0.3) is 0 Å². The molecule has 3 aromatic rings. The number of hydrogen-bond donors (Lipinski definition) is 3. The highest BCUT2D eigenvalue weighted by molar-refractivity contribution is 6.30. The van der Waals surface area contributed by atoms with Crippen molar-refractivity contribution in [2.45, 2.75) is 36.7 Å². The molecule has 3 aliphatic rings. The third-order valence-electron chi connectivity index (χ3n) is 7.26. The number of aromatic nitrogens is 3. The lowest BCUT2D eigenvalue weighted by molar-refractivity contribution is -0.190. The van der Waals surface area contributed by atoms with E-state index in [4.69, 9.17) is 26.8 Å². The molecule has 1 spiro atoms. The van der Waals surface area contributed by atoms with Gasteiger partial charge in [0, 0.05) is 50.5 Å². The van der Waals surface area contributed by atoms with Crippen LogP contribution in [-0.2, 0) is 16.0 Å². The zero-order chi connectivity index (χ0) is 24.2. The van der Waals surface area contributed by atoms with Crippen LogP contribution in [-0.4, -0.2) is 97.8 Å². The van der Waals surface area contributed by atoms with Crippen molar-refractivity contribution in [3.8, 4) is 0 Å². The summed E-state index contributed by atoms with van der Waals surface area (Å²) >= 11 is 5.99. The van der Waals surface area contributed by atoms with E-state index in [-0.39, 0.29) is 5.60 Å². The van der Waals surface area contributed by atoms with Gasteiger partial charge >= 0.3 is 0 Å². The van der Waals surface area contributed by atoms with Gasteiger partial charge in [-0.2, -0.15) is 0 Å². The molecule has 6 rings (SSSR count). The highest BCUT2D eigenvalue weighted by Crippen LogP contribution is 2.35. The number of morpholine rings is 1. The van der Waals surface area contributed by atoms with Gasteiger partial charge in [0.2, 0.25) is 0 Å². The quantitative estimate of drug-likeness (QED) is 0.468. The first-order chi connectivity index (χ1) is 16.9. The zero-order valence-electron chi connectivity index (χ0n) is 19.2. The number of rotatable bonds is 5. The minimum Gasteiger partial charge on any atom is -0.387 e. The second-order valence-electron chi connectivity index (χ2n) is 9.80. The summed E-state index contributed by atoms with van der Waals surface area (Å²) in [5.41, 5.74) is 7.52. The molecule has 1 aromatic carbocycles. The maximum Gasteiger partial charge on any atom is 0.164 e. The molecule has 10 nitrogen and oxygen atoms in total. The maximum absolute atomic E-state index is 10.8. The third kappa shape index (κ3) is 4.29. The minimum atomic E-state index is -1.08. The molecule has 0 radical (unpaired) electrons. The number of likely N-dealkylation sites (tertiary alicyclic amines) is 1. The lowest BCUT2D eigenvalue weighted by atomic mass is 9.91. The first-order valence-electron chi connectivity index (χ1n) is 11.8.